The fourth-order valence-corrected chi connectivity index (χ4v) is 1.15. The van der Waals surface area contributed by atoms with Gasteiger partial charge in [0, 0.05) is 13.1 Å². The summed E-state index contributed by atoms with van der Waals surface area (Å²) in [5.74, 6) is 0.317. The third kappa shape index (κ3) is 2.25. The lowest BCUT2D eigenvalue weighted by molar-refractivity contribution is 0.414. The predicted molar refractivity (Wildman–Crippen MR) is 52.1 cm³/mol. The van der Waals surface area contributed by atoms with Gasteiger partial charge in [0.2, 0.25) is 0 Å². The zero-order valence-corrected chi connectivity index (χ0v) is 8.31. The Morgan fingerprint density at radius 1 is 1.54 bits per heavy atom. The molecule has 0 unspecified atom stereocenters. The van der Waals surface area contributed by atoms with Crippen LogP contribution in [0.15, 0.2) is 18.2 Å². The number of rotatable bonds is 3. The monoisotopic (exact) mass is 203 g/mol. The average Bonchev–Trinajstić information content (AvgIpc) is 2.16. The predicted octanol–water partition coefficient (Wildman–Crippen LogP) is 2.47. The van der Waals surface area contributed by atoms with Crippen molar-refractivity contribution in [2.24, 2.45) is 0 Å². The molecule has 0 radical (unpaired) electrons. The van der Waals surface area contributed by atoms with Crippen LogP contribution in [0.4, 0.5) is 10.1 Å². The van der Waals surface area contributed by atoms with Crippen molar-refractivity contribution in [2.75, 3.05) is 25.1 Å². The van der Waals surface area contributed by atoms with Crippen molar-refractivity contribution >= 4 is 17.3 Å². The van der Waals surface area contributed by atoms with E-state index in [4.69, 9.17) is 16.3 Å². The molecule has 0 aliphatic rings. The van der Waals surface area contributed by atoms with Gasteiger partial charge >= 0.3 is 0 Å². The lowest BCUT2D eigenvalue weighted by Gasteiger charge is -2.18. The van der Waals surface area contributed by atoms with Gasteiger partial charge in [-0.1, -0.05) is 0 Å². The lowest BCUT2D eigenvalue weighted by Crippen LogP contribution is -2.15. The summed E-state index contributed by atoms with van der Waals surface area (Å²) in [5, 5.41) is 0. The SMILES string of the molecule is COc1ccc(F)cc1N(C)CCl. The molecular formula is C9H11ClFNO. The van der Waals surface area contributed by atoms with Gasteiger partial charge in [0.05, 0.1) is 18.8 Å². The van der Waals surface area contributed by atoms with Crippen LogP contribution < -0.4 is 9.64 Å². The van der Waals surface area contributed by atoms with Crippen LogP contribution in [0.3, 0.4) is 0 Å². The van der Waals surface area contributed by atoms with Crippen molar-refractivity contribution in [1.29, 1.82) is 0 Å². The quantitative estimate of drug-likeness (QED) is 0.553. The highest BCUT2D eigenvalue weighted by Crippen LogP contribution is 2.27. The van der Waals surface area contributed by atoms with E-state index in [1.807, 2.05) is 0 Å². The van der Waals surface area contributed by atoms with Crippen LogP contribution in [0.1, 0.15) is 0 Å². The Morgan fingerprint density at radius 3 is 2.77 bits per heavy atom. The van der Waals surface area contributed by atoms with Gasteiger partial charge in [0.15, 0.2) is 0 Å². The van der Waals surface area contributed by atoms with Crippen LogP contribution in [0.2, 0.25) is 0 Å². The molecule has 0 atom stereocenters. The second kappa shape index (κ2) is 4.33. The molecule has 1 aromatic rings. The number of nitrogens with zero attached hydrogens (tertiary/aromatic N) is 1. The number of halogens is 2. The maximum Gasteiger partial charge on any atom is 0.142 e. The first-order valence-corrected chi connectivity index (χ1v) is 4.33. The summed E-state index contributed by atoms with van der Waals surface area (Å²) in [5.41, 5.74) is 0.650. The van der Waals surface area contributed by atoms with E-state index in [9.17, 15) is 4.39 Å². The molecule has 0 aromatic heterocycles. The third-order valence-corrected chi connectivity index (χ3v) is 2.09. The summed E-state index contributed by atoms with van der Waals surface area (Å²) < 4.78 is 17.9. The van der Waals surface area contributed by atoms with E-state index in [0.29, 0.717) is 17.4 Å². The maximum atomic E-state index is 12.9. The van der Waals surface area contributed by atoms with E-state index in [1.54, 1.807) is 25.1 Å². The molecule has 0 amide bonds. The number of methoxy groups -OCH3 is 1. The first-order valence-electron chi connectivity index (χ1n) is 3.79. The third-order valence-electron chi connectivity index (χ3n) is 1.73. The molecule has 0 aliphatic heterocycles. The Morgan fingerprint density at radius 2 is 2.23 bits per heavy atom. The Bertz CT molecular complexity index is 293. The maximum absolute atomic E-state index is 12.9. The Labute approximate surface area is 81.9 Å². The van der Waals surface area contributed by atoms with Crippen molar-refractivity contribution in [3.8, 4) is 5.75 Å². The van der Waals surface area contributed by atoms with Gasteiger partial charge in [-0.25, -0.2) is 4.39 Å². The van der Waals surface area contributed by atoms with Crippen LogP contribution in [0.25, 0.3) is 0 Å². The van der Waals surface area contributed by atoms with Crippen LogP contribution in [0, 0.1) is 5.82 Å². The summed E-state index contributed by atoms with van der Waals surface area (Å²) in [4.78, 5) is 1.70. The van der Waals surface area contributed by atoms with Gasteiger partial charge in [-0.2, -0.15) is 0 Å². The summed E-state index contributed by atoms with van der Waals surface area (Å²) in [6, 6.07) is 4.61. The van der Waals surface area contributed by atoms with Crippen LogP contribution >= 0.6 is 11.6 Å². The first-order chi connectivity index (χ1) is 6.19. The van der Waals surface area contributed by atoms with Gasteiger partial charge in [0.25, 0.3) is 0 Å². The Kier molecular flexibility index (Phi) is 3.37. The summed E-state index contributed by atoms with van der Waals surface area (Å²) in [7, 11) is 3.31. The fourth-order valence-electron chi connectivity index (χ4n) is 1.03. The molecule has 1 rings (SSSR count). The lowest BCUT2D eigenvalue weighted by atomic mass is 10.2. The van der Waals surface area contributed by atoms with Gasteiger partial charge < -0.3 is 9.64 Å². The Hall–Kier alpha value is -0.960. The highest BCUT2D eigenvalue weighted by atomic mass is 35.5. The van der Waals surface area contributed by atoms with E-state index in [2.05, 4.69) is 0 Å². The number of benzene rings is 1. The van der Waals surface area contributed by atoms with E-state index in [1.165, 1.54) is 12.1 Å². The number of hydrogen-bond acceptors (Lipinski definition) is 2. The molecular weight excluding hydrogens is 193 g/mol. The van der Waals surface area contributed by atoms with Crippen LogP contribution in [-0.4, -0.2) is 20.2 Å². The number of anilines is 1. The molecule has 0 bridgehead atoms. The van der Waals surface area contributed by atoms with E-state index in [0.717, 1.165) is 0 Å². The minimum Gasteiger partial charge on any atom is -0.495 e. The van der Waals surface area contributed by atoms with Crippen molar-refractivity contribution < 1.29 is 9.13 Å². The zero-order chi connectivity index (χ0) is 9.84. The molecule has 0 N–H and O–H groups in total. The zero-order valence-electron chi connectivity index (χ0n) is 7.55. The number of alkyl halides is 1. The first kappa shape index (κ1) is 10.1. The summed E-state index contributed by atoms with van der Waals surface area (Å²) >= 11 is 5.62. The van der Waals surface area contributed by atoms with Gasteiger partial charge in [-0.3, -0.25) is 0 Å². The number of ether oxygens (including phenoxy) is 1. The molecule has 4 heteroatoms. The molecule has 0 saturated carbocycles. The Balaban J connectivity index is 3.07. The minimum atomic E-state index is -0.298. The smallest absolute Gasteiger partial charge is 0.142 e. The van der Waals surface area contributed by atoms with Crippen LogP contribution in [0.5, 0.6) is 5.75 Å². The summed E-state index contributed by atoms with van der Waals surface area (Å²) in [6.07, 6.45) is 0. The normalized spacial score (nSPS) is 9.85. The van der Waals surface area contributed by atoms with Crippen LogP contribution in [-0.2, 0) is 0 Å². The van der Waals surface area contributed by atoms with E-state index < -0.39 is 0 Å². The molecule has 0 spiro atoms. The molecule has 0 heterocycles. The van der Waals surface area contributed by atoms with E-state index in [-0.39, 0.29) is 5.82 Å². The second-order valence-electron chi connectivity index (χ2n) is 2.63. The largest absolute Gasteiger partial charge is 0.495 e. The highest BCUT2D eigenvalue weighted by Gasteiger charge is 2.07. The molecule has 2 nitrogen and oxygen atoms in total. The van der Waals surface area contributed by atoms with Crippen molar-refractivity contribution in [1.82, 2.24) is 0 Å². The van der Waals surface area contributed by atoms with Crippen molar-refractivity contribution in [2.45, 2.75) is 0 Å². The van der Waals surface area contributed by atoms with E-state index >= 15 is 0 Å². The topological polar surface area (TPSA) is 12.5 Å². The summed E-state index contributed by atoms with van der Waals surface area (Å²) in [6.45, 7) is 0. The van der Waals surface area contributed by atoms with Crippen molar-refractivity contribution in [3.63, 3.8) is 0 Å². The molecule has 0 fully saturated rings. The molecule has 0 saturated heterocycles. The number of hydrogen-bond donors (Lipinski definition) is 0. The van der Waals surface area contributed by atoms with Crippen molar-refractivity contribution in [3.05, 3.63) is 24.0 Å². The molecule has 0 aliphatic carbocycles. The van der Waals surface area contributed by atoms with Gasteiger partial charge in [0.1, 0.15) is 11.6 Å². The molecule has 1 aromatic carbocycles. The van der Waals surface area contributed by atoms with Gasteiger partial charge in [-0.15, -0.1) is 11.6 Å². The fraction of sp³-hybridized carbons (Fsp3) is 0.333. The highest BCUT2D eigenvalue weighted by molar-refractivity contribution is 6.19. The molecule has 72 valence electrons. The van der Waals surface area contributed by atoms with Gasteiger partial charge in [-0.05, 0) is 12.1 Å². The molecule has 13 heavy (non-hydrogen) atoms. The second-order valence-corrected chi connectivity index (χ2v) is 2.87. The average molecular weight is 204 g/mol. The standard InChI is InChI=1S/C9H11ClFNO/c1-12(6-10)8-5-7(11)3-4-9(8)13-2/h3-5H,6H2,1-2H3. The minimum absolute atomic E-state index is 0.291.